The number of benzene rings is 3. The highest BCUT2D eigenvalue weighted by atomic mass is 16.7. The summed E-state index contributed by atoms with van der Waals surface area (Å²) in [7, 11) is 0. The van der Waals surface area contributed by atoms with Gasteiger partial charge in [-0.15, -0.1) is 0 Å². The Balaban J connectivity index is 1.59. The maximum absolute atomic E-state index is 14.4. The molecule has 0 saturated heterocycles. The van der Waals surface area contributed by atoms with Gasteiger partial charge in [0.25, 0.3) is 0 Å². The second-order valence-corrected chi connectivity index (χ2v) is 9.49. The first-order valence-corrected chi connectivity index (χ1v) is 12.4. The van der Waals surface area contributed by atoms with Gasteiger partial charge in [-0.1, -0.05) is 50.1 Å². The van der Waals surface area contributed by atoms with Crippen molar-refractivity contribution in [3.63, 3.8) is 0 Å². The molecule has 1 spiro atoms. The molecule has 7 nitrogen and oxygen atoms in total. The van der Waals surface area contributed by atoms with Crippen molar-refractivity contribution in [2.45, 2.75) is 38.5 Å². The van der Waals surface area contributed by atoms with Gasteiger partial charge in [0.05, 0.1) is 0 Å². The lowest BCUT2D eigenvalue weighted by Gasteiger charge is -2.25. The van der Waals surface area contributed by atoms with E-state index in [4.69, 9.17) is 14.2 Å². The van der Waals surface area contributed by atoms with E-state index in [1.807, 2.05) is 59.5 Å². The number of nitrogens with one attached hydrogen (secondary N) is 1. The predicted molar refractivity (Wildman–Crippen MR) is 137 cm³/mol. The van der Waals surface area contributed by atoms with E-state index in [1.54, 1.807) is 0 Å². The summed E-state index contributed by atoms with van der Waals surface area (Å²) in [5.41, 5.74) is 4.04. The first-order valence-electron chi connectivity index (χ1n) is 12.4. The molecule has 0 radical (unpaired) electrons. The van der Waals surface area contributed by atoms with Gasteiger partial charge < -0.3 is 24.4 Å². The molecule has 6 rings (SSSR count). The van der Waals surface area contributed by atoms with Crippen LogP contribution >= 0.6 is 0 Å². The largest absolute Gasteiger partial charge is 0.491 e. The van der Waals surface area contributed by atoms with E-state index in [2.05, 4.69) is 12.2 Å². The number of nitrogens with zero attached hydrogens (tertiary/aromatic N) is 1. The SMILES string of the molecule is CCCCCN1C(=O)C2(COc3cc4c(cc32)OCO4)c2c(-c3ccccc3NC(C)=O)cccc21. The van der Waals surface area contributed by atoms with E-state index in [1.165, 1.54) is 6.92 Å². The van der Waals surface area contributed by atoms with Gasteiger partial charge in [-0.25, -0.2) is 0 Å². The molecule has 0 saturated carbocycles. The summed E-state index contributed by atoms with van der Waals surface area (Å²) in [4.78, 5) is 28.3. The second kappa shape index (κ2) is 8.59. The summed E-state index contributed by atoms with van der Waals surface area (Å²) >= 11 is 0. The molecule has 3 aromatic carbocycles. The molecule has 0 bridgehead atoms. The minimum Gasteiger partial charge on any atom is -0.491 e. The van der Waals surface area contributed by atoms with E-state index in [9.17, 15) is 9.59 Å². The van der Waals surface area contributed by atoms with Gasteiger partial charge in [0.2, 0.25) is 18.6 Å². The van der Waals surface area contributed by atoms with Crippen LogP contribution in [0.3, 0.4) is 0 Å². The van der Waals surface area contributed by atoms with Crippen molar-refractivity contribution >= 4 is 23.2 Å². The molecule has 3 aliphatic rings. The van der Waals surface area contributed by atoms with Gasteiger partial charge in [-0.3, -0.25) is 9.59 Å². The standard InChI is InChI=1S/C29H28N2O5/c1-3-4-7-13-31-23-12-8-10-20(19-9-5-6-11-22(19)30-18(2)32)27(23)29(28(31)33)16-34-24-15-26-25(14-21(24)29)35-17-36-26/h5-6,8-12,14-15H,3-4,7,13,16-17H2,1-2H3,(H,30,32). The zero-order chi connectivity index (χ0) is 24.9. The lowest BCUT2D eigenvalue weighted by Crippen LogP contribution is -2.43. The highest BCUT2D eigenvalue weighted by Crippen LogP contribution is 2.57. The Bertz CT molecular complexity index is 1380. The van der Waals surface area contributed by atoms with Crippen molar-refractivity contribution in [2.75, 3.05) is 30.2 Å². The number of amides is 2. The van der Waals surface area contributed by atoms with Gasteiger partial charge in [-0.05, 0) is 30.2 Å². The van der Waals surface area contributed by atoms with Crippen molar-refractivity contribution in [1.82, 2.24) is 0 Å². The third-order valence-corrected chi connectivity index (χ3v) is 7.26. The first kappa shape index (κ1) is 22.5. The number of fused-ring (bicyclic) bond motifs is 5. The maximum Gasteiger partial charge on any atom is 0.245 e. The lowest BCUT2D eigenvalue weighted by molar-refractivity contribution is -0.122. The molecule has 3 aromatic rings. The molecule has 1 N–H and O–H groups in total. The summed E-state index contributed by atoms with van der Waals surface area (Å²) in [6.07, 6.45) is 3.03. The smallest absolute Gasteiger partial charge is 0.245 e. The molecule has 2 amide bonds. The molecule has 3 aliphatic heterocycles. The molecule has 0 aromatic heterocycles. The Hall–Kier alpha value is -4.00. The maximum atomic E-state index is 14.4. The van der Waals surface area contributed by atoms with Gasteiger partial charge in [-0.2, -0.15) is 0 Å². The highest BCUT2D eigenvalue weighted by molar-refractivity contribution is 6.14. The number of carbonyl (C=O) groups is 2. The van der Waals surface area contributed by atoms with E-state index in [-0.39, 0.29) is 25.2 Å². The minimum atomic E-state index is -1.02. The van der Waals surface area contributed by atoms with Crippen molar-refractivity contribution in [3.8, 4) is 28.4 Å². The van der Waals surface area contributed by atoms with Gasteiger partial charge in [0, 0.05) is 47.6 Å². The minimum absolute atomic E-state index is 0.00989. The number of carbonyl (C=O) groups excluding carboxylic acids is 2. The number of rotatable bonds is 6. The van der Waals surface area contributed by atoms with Crippen LogP contribution in [-0.4, -0.2) is 31.8 Å². The molecule has 1 unspecified atom stereocenters. The quantitative estimate of drug-likeness (QED) is 0.483. The molecule has 184 valence electrons. The third kappa shape index (κ3) is 3.26. The summed E-state index contributed by atoms with van der Waals surface area (Å²) in [5, 5.41) is 2.95. The van der Waals surface area contributed by atoms with Crippen LogP contribution in [0.5, 0.6) is 17.2 Å². The summed E-state index contributed by atoms with van der Waals surface area (Å²) in [6.45, 7) is 4.63. The fourth-order valence-corrected chi connectivity index (χ4v) is 5.67. The van der Waals surface area contributed by atoms with Crippen LogP contribution in [-0.2, 0) is 15.0 Å². The predicted octanol–water partition coefficient (Wildman–Crippen LogP) is 5.26. The lowest BCUT2D eigenvalue weighted by atomic mass is 9.74. The fraction of sp³-hybridized carbons (Fsp3) is 0.310. The van der Waals surface area contributed by atoms with Crippen LogP contribution < -0.4 is 24.4 Å². The van der Waals surface area contributed by atoms with E-state index < -0.39 is 5.41 Å². The summed E-state index contributed by atoms with van der Waals surface area (Å²) in [5.74, 6) is 1.74. The van der Waals surface area contributed by atoms with Gasteiger partial charge >= 0.3 is 0 Å². The van der Waals surface area contributed by atoms with Crippen molar-refractivity contribution in [3.05, 3.63) is 65.7 Å². The average Bonchev–Trinajstić information content (AvgIpc) is 3.55. The Morgan fingerprint density at radius 3 is 2.56 bits per heavy atom. The molecule has 7 heteroatoms. The van der Waals surface area contributed by atoms with Crippen LogP contribution in [0.15, 0.2) is 54.6 Å². The number of ether oxygens (including phenoxy) is 3. The van der Waals surface area contributed by atoms with Crippen LogP contribution in [0.1, 0.15) is 44.2 Å². The van der Waals surface area contributed by atoms with Crippen LogP contribution in [0, 0.1) is 0 Å². The van der Waals surface area contributed by atoms with E-state index in [0.717, 1.165) is 47.2 Å². The monoisotopic (exact) mass is 484 g/mol. The zero-order valence-corrected chi connectivity index (χ0v) is 20.4. The van der Waals surface area contributed by atoms with Crippen LogP contribution in [0.4, 0.5) is 11.4 Å². The number of hydrogen-bond donors (Lipinski definition) is 1. The normalized spacial score (nSPS) is 18.8. The molecule has 0 fully saturated rings. The first-order chi connectivity index (χ1) is 17.5. The number of unbranched alkanes of at least 4 members (excludes halogenated alkanes) is 2. The average molecular weight is 485 g/mol. The van der Waals surface area contributed by atoms with Crippen LogP contribution in [0.25, 0.3) is 11.1 Å². The third-order valence-electron chi connectivity index (χ3n) is 7.26. The molecular weight excluding hydrogens is 456 g/mol. The topological polar surface area (TPSA) is 77.1 Å². The summed E-state index contributed by atoms with van der Waals surface area (Å²) < 4.78 is 17.4. The molecule has 36 heavy (non-hydrogen) atoms. The van der Waals surface area contributed by atoms with E-state index >= 15 is 0 Å². The number of para-hydroxylation sites is 1. The fourth-order valence-electron chi connectivity index (χ4n) is 5.67. The molecule has 1 atom stereocenters. The Kier molecular flexibility index (Phi) is 5.36. The van der Waals surface area contributed by atoms with Crippen molar-refractivity contribution < 1.29 is 23.8 Å². The Morgan fingerprint density at radius 2 is 1.75 bits per heavy atom. The highest BCUT2D eigenvalue weighted by Gasteiger charge is 2.58. The Labute approximate surface area is 210 Å². The second-order valence-electron chi connectivity index (χ2n) is 9.49. The number of hydrogen-bond acceptors (Lipinski definition) is 5. The number of anilines is 2. The van der Waals surface area contributed by atoms with Gasteiger partial charge in [0.1, 0.15) is 17.8 Å². The zero-order valence-electron chi connectivity index (χ0n) is 20.4. The van der Waals surface area contributed by atoms with Crippen molar-refractivity contribution in [1.29, 1.82) is 0 Å². The Morgan fingerprint density at radius 1 is 0.972 bits per heavy atom. The molecule has 3 heterocycles. The van der Waals surface area contributed by atoms with Crippen LogP contribution in [0.2, 0.25) is 0 Å². The summed E-state index contributed by atoms with van der Waals surface area (Å²) in [6, 6.07) is 17.5. The van der Waals surface area contributed by atoms with Crippen molar-refractivity contribution in [2.24, 2.45) is 0 Å². The molecular formula is C29H28N2O5. The molecule has 0 aliphatic carbocycles. The van der Waals surface area contributed by atoms with E-state index in [0.29, 0.717) is 29.5 Å². The van der Waals surface area contributed by atoms with Gasteiger partial charge in [0.15, 0.2) is 11.5 Å².